The predicted octanol–water partition coefficient (Wildman–Crippen LogP) is 3.10. The zero-order valence-electron chi connectivity index (χ0n) is 8.59. The second-order valence-electron chi connectivity index (χ2n) is 3.54. The molecule has 16 heavy (non-hydrogen) atoms. The number of rotatable bonds is 1. The third-order valence-corrected chi connectivity index (χ3v) is 2.54. The van der Waals surface area contributed by atoms with E-state index >= 15 is 0 Å². The first-order valence-corrected chi connectivity index (χ1v) is 5.12. The largest absolute Gasteiger partial charge is 0.256 e. The lowest BCUT2D eigenvalue weighted by Gasteiger charge is -2.04. The molecule has 1 radical (unpaired) electrons. The van der Waals surface area contributed by atoms with Gasteiger partial charge in [0.2, 0.25) is 0 Å². The normalized spacial score (nSPS) is 10.5. The van der Waals surface area contributed by atoms with E-state index in [2.05, 4.69) is 28.3 Å². The van der Waals surface area contributed by atoms with Gasteiger partial charge in [0.1, 0.15) is 0 Å². The van der Waals surface area contributed by atoms with Crippen LogP contribution < -0.4 is 0 Å². The van der Waals surface area contributed by atoms with Crippen LogP contribution in [0.1, 0.15) is 0 Å². The van der Waals surface area contributed by atoms with Crippen molar-refractivity contribution in [2.45, 2.75) is 0 Å². The zero-order chi connectivity index (χ0) is 10.8. The molecule has 2 nitrogen and oxygen atoms in total. The van der Waals surface area contributed by atoms with Crippen molar-refractivity contribution < 1.29 is 0 Å². The van der Waals surface area contributed by atoms with E-state index in [-0.39, 0.29) is 0 Å². The van der Waals surface area contributed by atoms with Crippen molar-refractivity contribution in [1.82, 2.24) is 9.97 Å². The molecule has 75 valence electrons. The molecule has 0 saturated heterocycles. The van der Waals surface area contributed by atoms with Gasteiger partial charge in [-0.05, 0) is 23.6 Å². The van der Waals surface area contributed by atoms with Gasteiger partial charge in [0.25, 0.3) is 0 Å². The lowest BCUT2D eigenvalue weighted by molar-refractivity contribution is 1.28. The van der Waals surface area contributed by atoms with E-state index in [0.717, 1.165) is 16.6 Å². The highest BCUT2D eigenvalue weighted by molar-refractivity contribution is 5.93. The molecule has 0 bridgehead atoms. The number of fused-ring (bicyclic) bond motifs is 1. The van der Waals surface area contributed by atoms with Crippen LogP contribution in [-0.4, -0.2) is 9.97 Å². The van der Waals surface area contributed by atoms with Gasteiger partial charge in [-0.1, -0.05) is 24.3 Å². The Morgan fingerprint density at radius 2 is 1.81 bits per heavy atom. The maximum Gasteiger partial charge on any atom is 0.0987 e. The van der Waals surface area contributed by atoms with Gasteiger partial charge >= 0.3 is 0 Å². The Kier molecular flexibility index (Phi) is 2.11. The number of benzene rings is 1. The smallest absolute Gasteiger partial charge is 0.0987 e. The minimum atomic E-state index is 0.930. The third kappa shape index (κ3) is 1.44. The molecule has 0 aliphatic carbocycles. The molecule has 0 atom stereocenters. The quantitative estimate of drug-likeness (QED) is 0.610. The Hall–Kier alpha value is -2.22. The fourth-order valence-corrected chi connectivity index (χ4v) is 1.79. The summed E-state index contributed by atoms with van der Waals surface area (Å²) in [6.07, 6.45) is 6.50. The van der Waals surface area contributed by atoms with Crippen molar-refractivity contribution in [1.29, 1.82) is 0 Å². The number of pyridine rings is 2. The van der Waals surface area contributed by atoms with E-state index in [1.165, 1.54) is 5.39 Å². The van der Waals surface area contributed by atoms with Crippen LogP contribution in [-0.2, 0) is 0 Å². The van der Waals surface area contributed by atoms with Crippen molar-refractivity contribution in [3.8, 4) is 11.3 Å². The summed E-state index contributed by atoms with van der Waals surface area (Å²) in [5, 5.41) is 2.32. The van der Waals surface area contributed by atoms with Crippen LogP contribution in [0.25, 0.3) is 22.0 Å². The van der Waals surface area contributed by atoms with Gasteiger partial charge in [0.15, 0.2) is 0 Å². The molecule has 3 rings (SSSR count). The fraction of sp³-hybridized carbons (Fsp3) is 0. The fourth-order valence-electron chi connectivity index (χ4n) is 1.79. The lowest BCUT2D eigenvalue weighted by atomic mass is 10.1. The third-order valence-electron chi connectivity index (χ3n) is 2.54. The first-order valence-electron chi connectivity index (χ1n) is 5.12. The Labute approximate surface area is 93.6 Å². The summed E-state index contributed by atoms with van der Waals surface area (Å²) in [4.78, 5) is 8.41. The van der Waals surface area contributed by atoms with Crippen LogP contribution in [0, 0.1) is 6.20 Å². The number of aromatic nitrogens is 2. The molecule has 3 aromatic rings. The molecule has 0 unspecified atom stereocenters. The Morgan fingerprint density at radius 3 is 2.69 bits per heavy atom. The molecule has 0 aliphatic heterocycles. The molecule has 2 heteroatoms. The molecule has 0 amide bonds. The molecule has 0 N–H and O–H groups in total. The molecule has 2 aromatic heterocycles. The molecule has 0 aliphatic rings. The topological polar surface area (TPSA) is 25.8 Å². The maximum absolute atomic E-state index is 4.41. The Balaban J connectivity index is 2.32. The summed E-state index contributed by atoms with van der Waals surface area (Å²) in [5.74, 6) is 0. The summed E-state index contributed by atoms with van der Waals surface area (Å²) >= 11 is 0. The monoisotopic (exact) mass is 205 g/mol. The van der Waals surface area contributed by atoms with Gasteiger partial charge in [0.05, 0.1) is 11.9 Å². The second-order valence-corrected chi connectivity index (χ2v) is 3.54. The minimum absolute atomic E-state index is 0.930. The van der Waals surface area contributed by atoms with Crippen LogP contribution in [0.4, 0.5) is 0 Å². The highest BCUT2D eigenvalue weighted by Gasteiger charge is 2.04. The van der Waals surface area contributed by atoms with E-state index < -0.39 is 0 Å². The summed E-state index contributed by atoms with van der Waals surface area (Å²) in [6, 6.07) is 14.1. The Morgan fingerprint density at radius 1 is 0.875 bits per heavy atom. The van der Waals surface area contributed by atoms with Gasteiger partial charge in [-0.3, -0.25) is 9.97 Å². The predicted molar refractivity (Wildman–Crippen MR) is 63.8 cm³/mol. The van der Waals surface area contributed by atoms with Crippen molar-refractivity contribution in [3.63, 3.8) is 0 Å². The second kappa shape index (κ2) is 3.74. The molecule has 2 heterocycles. The standard InChI is InChI=1S/C14H9N2/c1-2-6-13-11(4-1)7-9-16-14(13)12-5-3-8-15-10-12/h1-9H. The highest BCUT2D eigenvalue weighted by atomic mass is 14.7. The highest BCUT2D eigenvalue weighted by Crippen LogP contribution is 2.24. The van der Waals surface area contributed by atoms with Crippen molar-refractivity contribution in [3.05, 3.63) is 61.1 Å². The van der Waals surface area contributed by atoms with Crippen molar-refractivity contribution in [2.75, 3.05) is 0 Å². The van der Waals surface area contributed by atoms with Crippen LogP contribution in [0.15, 0.2) is 54.9 Å². The van der Waals surface area contributed by atoms with E-state index in [9.17, 15) is 0 Å². The van der Waals surface area contributed by atoms with Crippen LogP contribution >= 0.6 is 0 Å². The summed E-state index contributed by atoms with van der Waals surface area (Å²) in [5.41, 5.74) is 1.87. The first kappa shape index (κ1) is 9.04. The maximum atomic E-state index is 4.41. The van der Waals surface area contributed by atoms with Gasteiger partial charge < -0.3 is 0 Å². The Bertz CT molecular complexity index is 612. The minimum Gasteiger partial charge on any atom is -0.256 e. The molecular formula is C14H9N2. The average molecular weight is 205 g/mol. The average Bonchev–Trinajstić information content (AvgIpc) is 2.39. The van der Waals surface area contributed by atoms with E-state index in [4.69, 9.17) is 0 Å². The van der Waals surface area contributed by atoms with Gasteiger partial charge in [-0.15, -0.1) is 0 Å². The van der Waals surface area contributed by atoms with Crippen molar-refractivity contribution >= 4 is 10.8 Å². The molecular weight excluding hydrogens is 196 g/mol. The summed E-state index contributed by atoms with van der Waals surface area (Å²) in [6.45, 7) is 0. The SMILES string of the molecule is [c]1ncccc1-c1nccc2ccccc12. The molecule has 1 aromatic carbocycles. The van der Waals surface area contributed by atoms with Gasteiger partial charge in [-0.2, -0.15) is 0 Å². The number of hydrogen-bond donors (Lipinski definition) is 0. The van der Waals surface area contributed by atoms with E-state index in [1.54, 1.807) is 6.20 Å². The van der Waals surface area contributed by atoms with Gasteiger partial charge in [-0.25, -0.2) is 0 Å². The number of hydrogen-bond acceptors (Lipinski definition) is 2. The summed E-state index contributed by atoms with van der Waals surface area (Å²) < 4.78 is 0. The van der Waals surface area contributed by atoms with Crippen LogP contribution in [0.2, 0.25) is 0 Å². The molecule has 0 saturated carbocycles. The molecule has 0 spiro atoms. The molecule has 0 fully saturated rings. The lowest BCUT2D eigenvalue weighted by Crippen LogP contribution is -1.86. The van der Waals surface area contributed by atoms with E-state index in [0.29, 0.717) is 0 Å². The van der Waals surface area contributed by atoms with Crippen LogP contribution in [0.5, 0.6) is 0 Å². The van der Waals surface area contributed by atoms with Crippen molar-refractivity contribution in [2.24, 2.45) is 0 Å². The van der Waals surface area contributed by atoms with Gasteiger partial charge in [0, 0.05) is 23.3 Å². The van der Waals surface area contributed by atoms with E-state index in [1.807, 2.05) is 36.5 Å². The number of nitrogens with zero attached hydrogens (tertiary/aromatic N) is 2. The summed E-state index contributed by atoms with van der Waals surface area (Å²) in [7, 11) is 0. The zero-order valence-corrected chi connectivity index (χ0v) is 8.59. The van der Waals surface area contributed by atoms with Crippen LogP contribution in [0.3, 0.4) is 0 Å². The first-order chi connectivity index (χ1) is 7.95.